The molecule has 8 aliphatic carbocycles. The second kappa shape index (κ2) is 24.1. The first-order valence-corrected chi connectivity index (χ1v) is 29.2. The largest absolute Gasteiger partial charge is 0.351 e. The first-order valence-electron chi connectivity index (χ1n) is 28.5. The minimum Gasteiger partial charge on any atom is -0.351 e. The van der Waals surface area contributed by atoms with Crippen molar-refractivity contribution in [1.82, 2.24) is 24.9 Å². The molecule has 0 radical (unpaired) electrons. The Kier molecular flexibility index (Phi) is 17.8. The van der Waals surface area contributed by atoms with Gasteiger partial charge in [-0.2, -0.15) is 10.2 Å². The Hall–Kier alpha value is -4.73. The molecule has 14 rings (SSSR count). The van der Waals surface area contributed by atoms with Gasteiger partial charge in [-0.1, -0.05) is 82.9 Å². The van der Waals surface area contributed by atoms with Crippen molar-refractivity contribution in [3.05, 3.63) is 140 Å². The highest BCUT2D eigenvalue weighted by molar-refractivity contribution is 6.31. The van der Waals surface area contributed by atoms with E-state index in [4.69, 9.17) is 34.0 Å². The standard InChI is InChI=1S/C32H38ClN3O.C20H19ClN2O.C13H23N.ClH/c1-19-6-11-29(20(2)13-19)36-31(24-7-9-27(33)10-8-24)21(3)30(35-36)32(37)34-12-4-5-28-25-15-22-14-23(17-25)18-26(28)16-22;1-12-5-10-18(13(2)11-12)23-20(14(3)19(22-23)15(4)24)16-6-8-17(21)9-7-16;14-3-1-2-13-11-5-9-4-10(7-11)8-12(13)6-9;/h6-11,13,22-23,25-26,28H,4-5,12,14-18H2,1-3H3,(H,34,37);5-11H,1-4H3;9-13H,1-8,14H2;1H. The number of amides is 1. The molecule has 6 aromatic rings. The number of aryl methyl sites for hydroxylation is 4. The third-order valence-corrected chi connectivity index (χ3v) is 19.3. The minimum atomic E-state index is -0.0821. The number of hydrogen-bond donors (Lipinski definition) is 2. The lowest BCUT2D eigenvalue weighted by Crippen LogP contribution is -2.45. The fraction of sp³-hybridized carbons (Fsp3) is 0.508. The number of Topliss-reactive ketones (excluding diaryl/α,β-unsaturated/α-hetero) is 1. The molecule has 76 heavy (non-hydrogen) atoms. The molecule has 1 amide bonds. The van der Waals surface area contributed by atoms with Crippen molar-refractivity contribution in [2.24, 2.45) is 64.9 Å². The molecule has 404 valence electrons. The van der Waals surface area contributed by atoms with Gasteiger partial charge in [-0.3, -0.25) is 9.59 Å². The van der Waals surface area contributed by atoms with E-state index in [-0.39, 0.29) is 24.1 Å². The first-order chi connectivity index (χ1) is 36.1. The molecule has 8 nitrogen and oxygen atoms in total. The van der Waals surface area contributed by atoms with Gasteiger partial charge in [0.05, 0.1) is 22.8 Å². The van der Waals surface area contributed by atoms with E-state index >= 15 is 0 Å². The van der Waals surface area contributed by atoms with Gasteiger partial charge in [-0.15, -0.1) is 12.4 Å². The lowest BCUT2D eigenvalue weighted by molar-refractivity contribution is -0.0401. The molecule has 8 bridgehead atoms. The molecule has 11 heteroatoms. The van der Waals surface area contributed by atoms with E-state index < -0.39 is 0 Å². The number of nitrogens with two attached hydrogens (primary N) is 1. The topological polar surface area (TPSA) is 108 Å². The molecular weight excluding hydrogens is 1000 g/mol. The number of carbonyl (C=O) groups excluding carboxylic acids is 2. The van der Waals surface area contributed by atoms with E-state index in [1.54, 1.807) is 39.0 Å². The summed E-state index contributed by atoms with van der Waals surface area (Å²) in [5.74, 6) is 10.3. The second-order valence-corrected chi connectivity index (χ2v) is 25.0. The lowest BCUT2D eigenvalue weighted by Gasteiger charge is -2.54. The van der Waals surface area contributed by atoms with Crippen LogP contribution < -0.4 is 11.1 Å². The van der Waals surface area contributed by atoms with Crippen LogP contribution in [0.4, 0.5) is 0 Å². The number of rotatable bonds is 13. The van der Waals surface area contributed by atoms with Gasteiger partial charge < -0.3 is 11.1 Å². The summed E-state index contributed by atoms with van der Waals surface area (Å²) in [5.41, 5.74) is 18.8. The SMILES string of the molecule is CC(=O)c1nn(-c2ccc(C)cc2C)c(-c2ccc(Cl)cc2)c1C.Cc1ccc(-n2nc(C(=O)NCCCC3C4CC5CC(C4)CC3C5)c(C)c2-c2ccc(Cl)cc2)c(C)c1.Cl.NCCCC1C2CC3CC(C2)CC1C3. The van der Waals surface area contributed by atoms with Crippen molar-refractivity contribution < 1.29 is 9.59 Å². The molecule has 2 aromatic heterocycles. The Labute approximate surface area is 469 Å². The van der Waals surface area contributed by atoms with Gasteiger partial charge in [-0.25, -0.2) is 9.36 Å². The second-order valence-electron chi connectivity index (χ2n) is 24.1. The third kappa shape index (κ3) is 12.0. The normalized spacial score (nSPS) is 25.3. The van der Waals surface area contributed by atoms with Crippen LogP contribution in [0.3, 0.4) is 0 Å². The predicted molar refractivity (Wildman–Crippen MR) is 315 cm³/mol. The summed E-state index contributed by atoms with van der Waals surface area (Å²) in [4.78, 5) is 25.4. The molecule has 0 spiro atoms. The first kappa shape index (κ1) is 56.0. The molecule has 0 unspecified atom stereocenters. The zero-order chi connectivity index (χ0) is 52.7. The van der Waals surface area contributed by atoms with E-state index in [9.17, 15) is 9.59 Å². The average Bonchev–Trinajstić information content (AvgIpc) is 3.92. The average molecular weight is 1080 g/mol. The van der Waals surface area contributed by atoms with Crippen LogP contribution in [0.15, 0.2) is 84.9 Å². The molecule has 0 atom stereocenters. The summed E-state index contributed by atoms with van der Waals surface area (Å²) in [6.07, 6.45) is 20.2. The molecule has 8 fully saturated rings. The number of aromatic nitrogens is 4. The van der Waals surface area contributed by atoms with Crippen LogP contribution in [0.25, 0.3) is 33.9 Å². The third-order valence-electron chi connectivity index (χ3n) is 18.8. The predicted octanol–water partition coefficient (Wildman–Crippen LogP) is 16.2. The van der Waals surface area contributed by atoms with Gasteiger partial charge in [0.2, 0.25) is 0 Å². The number of benzene rings is 4. The highest BCUT2D eigenvalue weighted by Gasteiger charge is 2.48. The smallest absolute Gasteiger partial charge is 0.272 e. The molecule has 8 saturated carbocycles. The van der Waals surface area contributed by atoms with E-state index in [1.807, 2.05) is 77.8 Å². The Morgan fingerprint density at radius 3 is 1.32 bits per heavy atom. The van der Waals surface area contributed by atoms with Crippen molar-refractivity contribution in [1.29, 1.82) is 0 Å². The molecule has 4 aromatic carbocycles. The number of carbonyl (C=O) groups is 2. The zero-order valence-electron chi connectivity index (χ0n) is 46.0. The number of nitrogens with one attached hydrogen (secondary N) is 1. The summed E-state index contributed by atoms with van der Waals surface area (Å²) in [7, 11) is 0. The van der Waals surface area contributed by atoms with Crippen LogP contribution in [0.1, 0.15) is 151 Å². The fourth-order valence-electron chi connectivity index (χ4n) is 15.9. The van der Waals surface area contributed by atoms with Gasteiger partial charge in [0.25, 0.3) is 5.91 Å². The maximum atomic E-state index is 13.4. The van der Waals surface area contributed by atoms with Crippen LogP contribution in [-0.4, -0.2) is 44.3 Å². The maximum Gasteiger partial charge on any atom is 0.272 e. The highest BCUT2D eigenvalue weighted by Crippen LogP contribution is 2.59. The molecule has 0 aliphatic heterocycles. The molecule has 2 heterocycles. The molecular formula is C65H81Cl3N6O2. The lowest BCUT2D eigenvalue weighted by atomic mass is 9.51. The van der Waals surface area contributed by atoms with Gasteiger partial charge in [-0.05, 0) is 245 Å². The van der Waals surface area contributed by atoms with Crippen LogP contribution in [0, 0.1) is 101 Å². The van der Waals surface area contributed by atoms with Crippen molar-refractivity contribution in [2.75, 3.05) is 13.1 Å². The van der Waals surface area contributed by atoms with Gasteiger partial charge in [0.15, 0.2) is 11.5 Å². The van der Waals surface area contributed by atoms with E-state index in [2.05, 4.69) is 68.4 Å². The van der Waals surface area contributed by atoms with Gasteiger partial charge in [0.1, 0.15) is 5.69 Å². The van der Waals surface area contributed by atoms with Crippen LogP contribution in [-0.2, 0) is 0 Å². The van der Waals surface area contributed by atoms with Crippen LogP contribution in [0.2, 0.25) is 10.0 Å². The van der Waals surface area contributed by atoms with Crippen LogP contribution in [0.5, 0.6) is 0 Å². The van der Waals surface area contributed by atoms with Crippen molar-refractivity contribution in [3.8, 4) is 33.9 Å². The van der Waals surface area contributed by atoms with Crippen LogP contribution >= 0.6 is 35.6 Å². The summed E-state index contributed by atoms with van der Waals surface area (Å²) < 4.78 is 3.79. The van der Waals surface area contributed by atoms with E-state index in [0.29, 0.717) is 28.0 Å². The number of hydrogen-bond acceptors (Lipinski definition) is 5. The van der Waals surface area contributed by atoms with E-state index in [1.165, 1.54) is 62.5 Å². The Morgan fingerprint density at radius 1 is 0.553 bits per heavy atom. The number of nitrogens with zero attached hydrogens (tertiary/aromatic N) is 4. The summed E-state index contributed by atoms with van der Waals surface area (Å²) >= 11 is 12.2. The summed E-state index contributed by atoms with van der Waals surface area (Å²) in [6.45, 7) is 15.4. The fourth-order valence-corrected chi connectivity index (χ4v) is 16.1. The van der Waals surface area contributed by atoms with Crippen molar-refractivity contribution >= 4 is 47.3 Å². The molecule has 8 aliphatic rings. The Morgan fingerprint density at radius 2 is 0.934 bits per heavy atom. The molecule has 3 N–H and O–H groups in total. The van der Waals surface area contributed by atoms with Crippen molar-refractivity contribution in [3.63, 3.8) is 0 Å². The minimum absolute atomic E-state index is 0. The number of ketones is 1. The molecule has 0 saturated heterocycles. The van der Waals surface area contributed by atoms with Gasteiger partial charge in [0, 0.05) is 45.8 Å². The number of halogens is 3. The highest BCUT2D eigenvalue weighted by atomic mass is 35.5. The zero-order valence-corrected chi connectivity index (χ0v) is 48.3. The monoisotopic (exact) mass is 1080 g/mol. The quantitative estimate of drug-likeness (QED) is 0.0885. The Bertz CT molecular complexity index is 2950. The summed E-state index contributed by atoms with van der Waals surface area (Å²) in [6, 6.07) is 27.9. The van der Waals surface area contributed by atoms with Crippen molar-refractivity contribution in [2.45, 2.75) is 138 Å². The van der Waals surface area contributed by atoms with E-state index in [0.717, 1.165) is 128 Å². The summed E-state index contributed by atoms with van der Waals surface area (Å²) in [5, 5.41) is 14.0. The Balaban J connectivity index is 0.000000154. The maximum absolute atomic E-state index is 13.4. The van der Waals surface area contributed by atoms with Gasteiger partial charge >= 0.3 is 0 Å².